The van der Waals surface area contributed by atoms with Gasteiger partial charge >= 0.3 is 5.97 Å². The summed E-state index contributed by atoms with van der Waals surface area (Å²) in [5, 5.41) is 40.7. The molecule has 8 heteroatoms. The zero-order valence-corrected chi connectivity index (χ0v) is 9.39. The third-order valence-electron chi connectivity index (χ3n) is 2.91. The van der Waals surface area contributed by atoms with Gasteiger partial charge in [-0.05, 0) is 0 Å². The summed E-state index contributed by atoms with van der Waals surface area (Å²) < 4.78 is 9.59. The summed E-state index contributed by atoms with van der Waals surface area (Å²) in [6, 6.07) is -1.01. The number of rotatable bonds is 3. The summed E-state index contributed by atoms with van der Waals surface area (Å²) in [7, 11) is 0. The van der Waals surface area contributed by atoms with E-state index in [-0.39, 0.29) is 6.61 Å². The van der Waals surface area contributed by atoms with Crippen LogP contribution in [-0.4, -0.2) is 70.3 Å². The smallest absolute Gasteiger partial charge is 0.333 e. The molecule has 0 aromatic carbocycles. The van der Waals surface area contributed by atoms with Gasteiger partial charge in [-0.2, -0.15) is 0 Å². The maximum absolute atomic E-state index is 10.8. The quantitative estimate of drug-likeness (QED) is 0.336. The number of aliphatic hydroxyl groups excluding tert-OH is 4. The van der Waals surface area contributed by atoms with Crippen LogP contribution in [0.15, 0.2) is 11.8 Å². The molecule has 0 radical (unpaired) electrons. The molecule has 5 atom stereocenters. The van der Waals surface area contributed by atoms with Gasteiger partial charge in [0.15, 0.2) is 6.29 Å². The highest BCUT2D eigenvalue weighted by molar-refractivity contribution is 5.85. The summed E-state index contributed by atoms with van der Waals surface area (Å²) in [4.78, 5) is 10.8. The summed E-state index contributed by atoms with van der Waals surface area (Å²) in [5.41, 5.74) is 0.376. The average Bonchev–Trinajstić information content (AvgIpc) is 2.75. The number of cyclic esters (lactones) is 1. The van der Waals surface area contributed by atoms with Crippen molar-refractivity contribution < 1.29 is 34.7 Å². The van der Waals surface area contributed by atoms with Gasteiger partial charge in [0, 0.05) is 6.08 Å². The number of hydrogen-bond donors (Lipinski definition) is 5. The topological polar surface area (TPSA) is 128 Å². The van der Waals surface area contributed by atoms with Crippen molar-refractivity contribution in [2.45, 2.75) is 30.6 Å². The maximum Gasteiger partial charge on any atom is 0.333 e. The number of aliphatic hydroxyl groups is 4. The monoisotopic (exact) mass is 261 g/mol. The summed E-state index contributed by atoms with van der Waals surface area (Å²) in [5.74, 6) is -0.521. The highest BCUT2D eigenvalue weighted by Gasteiger charge is 2.44. The van der Waals surface area contributed by atoms with Crippen LogP contribution >= 0.6 is 0 Å². The molecular formula is C10H15NO7. The van der Waals surface area contributed by atoms with E-state index in [9.17, 15) is 20.1 Å². The Kier molecular flexibility index (Phi) is 3.83. The highest BCUT2D eigenvalue weighted by Crippen LogP contribution is 2.21. The SMILES string of the molecule is O=C1C=C(N[C@@H]2[C@@H](O)[C@H](O)[C@@H](CO)O[C@H]2O)CO1. The predicted octanol–water partition coefficient (Wildman–Crippen LogP) is -3.18. The van der Waals surface area contributed by atoms with Gasteiger partial charge in [0.1, 0.15) is 31.0 Å². The minimum absolute atomic E-state index is 0.00823. The minimum atomic E-state index is -1.42. The summed E-state index contributed by atoms with van der Waals surface area (Å²) in [6.45, 7) is -0.513. The second kappa shape index (κ2) is 5.21. The molecule has 2 rings (SSSR count). The van der Waals surface area contributed by atoms with Crippen molar-refractivity contribution in [2.24, 2.45) is 0 Å². The molecule has 2 heterocycles. The molecule has 2 aliphatic rings. The van der Waals surface area contributed by atoms with E-state index < -0.39 is 43.2 Å². The number of nitrogens with one attached hydrogen (secondary N) is 1. The Morgan fingerprint density at radius 1 is 1.33 bits per heavy atom. The van der Waals surface area contributed by atoms with Crippen molar-refractivity contribution in [3.8, 4) is 0 Å². The standard InChI is InChI=1S/C10H15NO7/c12-2-5-8(14)9(15)7(10(16)18-5)11-4-1-6(13)17-3-4/h1,5,7-12,14-16H,2-3H2/t5-,7-,8-,9-,10-/m1/s1. The first-order valence-corrected chi connectivity index (χ1v) is 5.47. The number of hydrogen-bond acceptors (Lipinski definition) is 8. The van der Waals surface area contributed by atoms with E-state index in [1.54, 1.807) is 0 Å². The van der Waals surface area contributed by atoms with Crippen molar-refractivity contribution >= 4 is 5.97 Å². The lowest BCUT2D eigenvalue weighted by Crippen LogP contribution is -2.63. The molecule has 2 aliphatic heterocycles. The van der Waals surface area contributed by atoms with Gasteiger partial charge in [0.25, 0.3) is 0 Å². The van der Waals surface area contributed by atoms with Gasteiger partial charge in [0.2, 0.25) is 0 Å². The molecule has 0 unspecified atom stereocenters. The first-order valence-electron chi connectivity index (χ1n) is 5.47. The first kappa shape index (κ1) is 13.2. The second-order valence-corrected chi connectivity index (χ2v) is 4.18. The Labute approximate surface area is 102 Å². The largest absolute Gasteiger partial charge is 0.456 e. The van der Waals surface area contributed by atoms with E-state index in [2.05, 4.69) is 10.1 Å². The van der Waals surface area contributed by atoms with Crippen LogP contribution < -0.4 is 5.32 Å². The highest BCUT2D eigenvalue weighted by atomic mass is 16.6. The van der Waals surface area contributed by atoms with Gasteiger partial charge in [-0.25, -0.2) is 4.79 Å². The summed E-state index contributed by atoms with van der Waals surface area (Å²) >= 11 is 0. The van der Waals surface area contributed by atoms with Crippen LogP contribution in [-0.2, 0) is 14.3 Å². The fraction of sp³-hybridized carbons (Fsp3) is 0.700. The Hall–Kier alpha value is -1.19. The lowest BCUT2D eigenvalue weighted by Gasteiger charge is -2.40. The minimum Gasteiger partial charge on any atom is -0.456 e. The van der Waals surface area contributed by atoms with Gasteiger partial charge in [0.05, 0.1) is 12.3 Å². The molecule has 0 saturated carbocycles. The van der Waals surface area contributed by atoms with Crippen LogP contribution in [0.3, 0.4) is 0 Å². The maximum atomic E-state index is 10.8. The molecule has 0 aliphatic carbocycles. The normalized spacial score (nSPS) is 40.3. The van der Waals surface area contributed by atoms with Crippen molar-refractivity contribution in [2.75, 3.05) is 13.2 Å². The zero-order chi connectivity index (χ0) is 13.3. The molecule has 0 spiro atoms. The van der Waals surface area contributed by atoms with Gasteiger partial charge in [-0.3, -0.25) is 0 Å². The summed E-state index contributed by atoms with van der Waals surface area (Å²) in [6.07, 6.45) is -3.97. The molecule has 0 aromatic rings. The van der Waals surface area contributed by atoms with E-state index in [1.165, 1.54) is 6.08 Å². The van der Waals surface area contributed by atoms with Crippen molar-refractivity contribution in [1.29, 1.82) is 0 Å². The molecule has 0 amide bonds. The number of carbonyl (C=O) groups is 1. The van der Waals surface area contributed by atoms with Crippen molar-refractivity contribution in [1.82, 2.24) is 5.32 Å². The van der Waals surface area contributed by atoms with Crippen molar-refractivity contribution in [3.05, 3.63) is 11.8 Å². The van der Waals surface area contributed by atoms with E-state index in [1.807, 2.05) is 0 Å². The molecule has 5 N–H and O–H groups in total. The van der Waals surface area contributed by atoms with Crippen LogP contribution in [0, 0.1) is 0 Å². The van der Waals surface area contributed by atoms with Crippen LogP contribution in [0.2, 0.25) is 0 Å². The lowest BCUT2D eigenvalue weighted by atomic mass is 9.97. The van der Waals surface area contributed by atoms with Gasteiger partial charge in [-0.15, -0.1) is 0 Å². The second-order valence-electron chi connectivity index (χ2n) is 4.18. The molecule has 102 valence electrons. The number of esters is 1. The number of ether oxygens (including phenoxy) is 2. The van der Waals surface area contributed by atoms with E-state index in [4.69, 9.17) is 9.84 Å². The van der Waals surface area contributed by atoms with Crippen LogP contribution in [0.5, 0.6) is 0 Å². The van der Waals surface area contributed by atoms with Crippen LogP contribution in [0.1, 0.15) is 0 Å². The molecule has 1 fully saturated rings. The van der Waals surface area contributed by atoms with Gasteiger partial charge in [-0.1, -0.05) is 0 Å². The fourth-order valence-electron chi connectivity index (χ4n) is 1.92. The van der Waals surface area contributed by atoms with Crippen LogP contribution in [0.4, 0.5) is 0 Å². The van der Waals surface area contributed by atoms with Crippen molar-refractivity contribution in [3.63, 3.8) is 0 Å². The van der Waals surface area contributed by atoms with E-state index in [0.717, 1.165) is 0 Å². The molecule has 0 bridgehead atoms. The molecule has 0 aromatic heterocycles. The van der Waals surface area contributed by atoms with E-state index in [0.29, 0.717) is 5.70 Å². The van der Waals surface area contributed by atoms with Crippen LogP contribution in [0.25, 0.3) is 0 Å². The van der Waals surface area contributed by atoms with E-state index >= 15 is 0 Å². The molecule has 8 nitrogen and oxygen atoms in total. The molecular weight excluding hydrogens is 246 g/mol. The number of carbonyl (C=O) groups excluding carboxylic acids is 1. The van der Waals surface area contributed by atoms with Gasteiger partial charge < -0.3 is 35.2 Å². The third-order valence-corrected chi connectivity index (χ3v) is 2.91. The molecule has 1 saturated heterocycles. The lowest BCUT2D eigenvalue weighted by molar-refractivity contribution is -0.253. The Morgan fingerprint density at radius 2 is 2.06 bits per heavy atom. The fourth-order valence-corrected chi connectivity index (χ4v) is 1.92. The predicted molar refractivity (Wildman–Crippen MR) is 55.9 cm³/mol. The average molecular weight is 261 g/mol. The third kappa shape index (κ3) is 2.47. The zero-order valence-electron chi connectivity index (χ0n) is 9.39. The Morgan fingerprint density at radius 3 is 2.61 bits per heavy atom. The first-order chi connectivity index (χ1) is 8.52. The Balaban J connectivity index is 2.03. The Bertz CT molecular complexity index is 358. The molecule has 18 heavy (non-hydrogen) atoms.